The third-order valence-corrected chi connectivity index (χ3v) is 3.00. The Morgan fingerprint density at radius 3 is 1.00 bits per heavy atom. The highest BCUT2D eigenvalue weighted by Gasteiger charge is 2.07. The highest BCUT2D eigenvalue weighted by Crippen LogP contribution is 2.05. The van der Waals surface area contributed by atoms with Crippen molar-refractivity contribution in [2.24, 2.45) is 0 Å². The zero-order valence-electron chi connectivity index (χ0n) is 15.8. The highest BCUT2D eigenvalue weighted by molar-refractivity contribution is 5.13. The first-order chi connectivity index (χ1) is 10.2. The summed E-state index contributed by atoms with van der Waals surface area (Å²) in [6, 6.07) is 21.1. The van der Waals surface area contributed by atoms with Crippen LogP contribution >= 0.6 is 0 Å². The summed E-state index contributed by atoms with van der Waals surface area (Å²) in [5.74, 6) is 0. The molecule has 0 aliphatic heterocycles. The van der Waals surface area contributed by atoms with Crippen LogP contribution in [0.4, 0.5) is 0 Å². The van der Waals surface area contributed by atoms with E-state index in [0.717, 1.165) is 22.1 Å². The zero-order chi connectivity index (χ0) is 16.6. The van der Waals surface area contributed by atoms with E-state index in [2.05, 4.69) is 103 Å². The zero-order valence-corrected chi connectivity index (χ0v) is 18.2. The van der Waals surface area contributed by atoms with Crippen molar-refractivity contribution in [3.8, 4) is 0 Å². The van der Waals surface area contributed by atoms with Gasteiger partial charge >= 0.3 is 0 Å². The number of hydrogen-bond acceptors (Lipinski definition) is 0. The fourth-order valence-corrected chi connectivity index (χ4v) is 2.26. The van der Waals surface area contributed by atoms with Crippen LogP contribution in [0.2, 0.25) is 0 Å². The van der Waals surface area contributed by atoms with Crippen LogP contribution in [0.25, 0.3) is 0 Å². The van der Waals surface area contributed by atoms with Gasteiger partial charge in [-0.1, -0.05) is 60.7 Å². The first kappa shape index (κ1) is 25.4. The maximum absolute atomic E-state index is 2.20. The van der Waals surface area contributed by atoms with Crippen molar-refractivity contribution in [1.82, 2.24) is 0 Å². The molecule has 0 aliphatic rings. The molecule has 24 heavy (non-hydrogen) atoms. The van der Waals surface area contributed by atoms with Gasteiger partial charge in [0.1, 0.15) is 13.1 Å². The van der Waals surface area contributed by atoms with Gasteiger partial charge in [-0.2, -0.15) is 0 Å². The van der Waals surface area contributed by atoms with Gasteiger partial charge in [0, 0.05) is 11.1 Å². The summed E-state index contributed by atoms with van der Waals surface area (Å²) in [5, 5.41) is 0. The Kier molecular flexibility index (Phi) is 12.3. The third kappa shape index (κ3) is 13.6. The largest absolute Gasteiger partial charge is 1.00 e. The number of halogens is 2. The number of quaternary nitrogens is 2. The molecule has 0 aliphatic carbocycles. The molecule has 0 amide bonds. The molecule has 4 heteroatoms. The van der Waals surface area contributed by atoms with Gasteiger partial charge in [-0.25, -0.2) is 0 Å². The molecule has 0 atom stereocenters. The Balaban J connectivity index is 0. The van der Waals surface area contributed by atoms with Gasteiger partial charge in [-0.05, 0) is 0 Å². The molecule has 0 spiro atoms. The molecule has 2 rings (SSSR count). The molecule has 0 N–H and O–H groups in total. The normalized spacial score (nSPS) is 10.6. The second-order valence-electron chi connectivity index (χ2n) is 7.87. The van der Waals surface area contributed by atoms with E-state index in [1.807, 2.05) is 0 Å². The van der Waals surface area contributed by atoms with Gasteiger partial charge in [0.2, 0.25) is 0 Å². The van der Waals surface area contributed by atoms with E-state index in [0.29, 0.717) is 0 Å². The molecule has 0 unspecified atom stereocenters. The second-order valence-corrected chi connectivity index (χ2v) is 7.87. The highest BCUT2D eigenvalue weighted by atomic mass is 79.9. The summed E-state index contributed by atoms with van der Waals surface area (Å²) < 4.78 is 1.98. The minimum Gasteiger partial charge on any atom is -1.00 e. The quantitative estimate of drug-likeness (QED) is 0.497. The number of hydrogen-bond donors (Lipinski definition) is 0. The standard InChI is InChI=1S/2C10H16N.BrH.ClH/c2*1-11(2,3)9-10-7-5-4-6-8-10;;/h2*4-8H,9H2,1-3H3;2*1H/q2*+1;;/p-2. The third-order valence-electron chi connectivity index (χ3n) is 3.00. The molecule has 2 nitrogen and oxygen atoms in total. The summed E-state index contributed by atoms with van der Waals surface area (Å²) in [4.78, 5) is 0. The van der Waals surface area contributed by atoms with Crippen molar-refractivity contribution in [2.75, 3.05) is 42.3 Å². The van der Waals surface area contributed by atoms with E-state index >= 15 is 0 Å². The van der Waals surface area contributed by atoms with Crippen LogP contribution < -0.4 is 29.4 Å². The predicted molar refractivity (Wildman–Crippen MR) is 96.4 cm³/mol. The maximum atomic E-state index is 2.20. The summed E-state index contributed by atoms with van der Waals surface area (Å²) in [6.45, 7) is 2.20. The number of nitrogens with zero attached hydrogens (tertiary/aromatic N) is 2. The van der Waals surface area contributed by atoms with Gasteiger partial charge < -0.3 is 38.4 Å². The topological polar surface area (TPSA) is 0 Å². The lowest BCUT2D eigenvalue weighted by Crippen LogP contribution is -3.00. The van der Waals surface area contributed by atoms with Crippen LogP contribution in [0, 0.1) is 0 Å². The fraction of sp³-hybridized carbons (Fsp3) is 0.400. The molecule has 2 aromatic carbocycles. The molecular formula is C20H32BrClN2. The molecule has 0 heterocycles. The number of rotatable bonds is 4. The monoisotopic (exact) mass is 414 g/mol. The van der Waals surface area contributed by atoms with Crippen molar-refractivity contribution < 1.29 is 38.4 Å². The van der Waals surface area contributed by atoms with Crippen LogP contribution in [-0.2, 0) is 13.1 Å². The lowest BCUT2D eigenvalue weighted by molar-refractivity contribution is -0.884. The van der Waals surface area contributed by atoms with Gasteiger partial charge in [0.05, 0.1) is 42.3 Å². The van der Waals surface area contributed by atoms with Crippen molar-refractivity contribution >= 4 is 0 Å². The fourth-order valence-electron chi connectivity index (χ4n) is 2.26. The van der Waals surface area contributed by atoms with Crippen LogP contribution in [0.5, 0.6) is 0 Å². The van der Waals surface area contributed by atoms with Gasteiger partial charge in [-0.15, -0.1) is 0 Å². The molecule has 0 radical (unpaired) electrons. The summed E-state index contributed by atoms with van der Waals surface area (Å²) in [7, 11) is 13.2. The van der Waals surface area contributed by atoms with Crippen molar-refractivity contribution in [3.63, 3.8) is 0 Å². The Morgan fingerprint density at radius 2 is 0.792 bits per heavy atom. The van der Waals surface area contributed by atoms with Crippen LogP contribution in [-0.4, -0.2) is 51.3 Å². The van der Waals surface area contributed by atoms with Gasteiger partial charge in [0.15, 0.2) is 0 Å². The first-order valence-corrected chi connectivity index (χ1v) is 7.84. The van der Waals surface area contributed by atoms with Crippen LogP contribution in [0.15, 0.2) is 60.7 Å². The van der Waals surface area contributed by atoms with E-state index in [1.54, 1.807) is 0 Å². The summed E-state index contributed by atoms with van der Waals surface area (Å²) in [5.41, 5.74) is 2.81. The summed E-state index contributed by atoms with van der Waals surface area (Å²) in [6.07, 6.45) is 0. The predicted octanol–water partition coefficient (Wildman–Crippen LogP) is -2.21. The lowest BCUT2D eigenvalue weighted by atomic mass is 10.2. The average molecular weight is 416 g/mol. The molecular weight excluding hydrogens is 384 g/mol. The van der Waals surface area contributed by atoms with Gasteiger partial charge in [-0.3, -0.25) is 0 Å². The molecule has 0 saturated heterocycles. The van der Waals surface area contributed by atoms with E-state index < -0.39 is 0 Å². The average Bonchev–Trinajstić information content (AvgIpc) is 2.38. The molecule has 136 valence electrons. The summed E-state index contributed by atoms with van der Waals surface area (Å²) >= 11 is 0. The Labute approximate surface area is 165 Å². The Hall–Kier alpha value is -0.870. The van der Waals surface area contributed by atoms with Crippen LogP contribution in [0.3, 0.4) is 0 Å². The Morgan fingerprint density at radius 1 is 0.542 bits per heavy atom. The minimum atomic E-state index is 0. The van der Waals surface area contributed by atoms with E-state index in [9.17, 15) is 0 Å². The van der Waals surface area contributed by atoms with E-state index in [1.165, 1.54) is 11.1 Å². The molecule has 0 aromatic heterocycles. The minimum absolute atomic E-state index is 0. The lowest BCUT2D eigenvalue weighted by Gasteiger charge is -2.23. The first-order valence-electron chi connectivity index (χ1n) is 7.84. The Bertz CT molecular complexity index is 480. The van der Waals surface area contributed by atoms with E-state index in [4.69, 9.17) is 0 Å². The molecule has 0 saturated carbocycles. The van der Waals surface area contributed by atoms with Crippen molar-refractivity contribution in [1.29, 1.82) is 0 Å². The van der Waals surface area contributed by atoms with Gasteiger partial charge in [0.25, 0.3) is 0 Å². The number of benzene rings is 2. The molecule has 2 aromatic rings. The molecule has 0 bridgehead atoms. The van der Waals surface area contributed by atoms with Crippen molar-refractivity contribution in [3.05, 3.63) is 71.8 Å². The van der Waals surface area contributed by atoms with E-state index in [-0.39, 0.29) is 29.4 Å². The van der Waals surface area contributed by atoms with Crippen molar-refractivity contribution in [2.45, 2.75) is 13.1 Å². The van der Waals surface area contributed by atoms with Crippen LogP contribution in [0.1, 0.15) is 11.1 Å². The molecule has 0 fully saturated rings. The SMILES string of the molecule is C[N+](C)(C)Cc1ccccc1.C[N+](C)(C)Cc1ccccc1.[Br-].[Cl-]. The maximum Gasteiger partial charge on any atom is 0.104 e. The second kappa shape index (κ2) is 11.6. The smallest absolute Gasteiger partial charge is 0.104 e.